The van der Waals surface area contributed by atoms with Gasteiger partial charge < -0.3 is 5.32 Å². The first kappa shape index (κ1) is 16.6. The lowest BCUT2D eigenvalue weighted by Gasteiger charge is -2.10. The molecule has 0 unspecified atom stereocenters. The molecule has 0 aromatic heterocycles. The Morgan fingerprint density at radius 2 is 1.73 bits per heavy atom. The van der Waals surface area contributed by atoms with Gasteiger partial charge in [-0.3, -0.25) is 4.79 Å². The fraction of sp³-hybridized carbons (Fsp3) is 0.188. The largest absolute Gasteiger partial charge is 0.322 e. The van der Waals surface area contributed by atoms with E-state index in [1.54, 1.807) is 43.0 Å². The monoisotopic (exact) mass is 335 g/mol. The molecule has 0 saturated heterocycles. The zero-order valence-corrected chi connectivity index (χ0v) is 14.0. The number of carbonyl (C=O) groups is 1. The van der Waals surface area contributed by atoms with Crippen molar-refractivity contribution in [2.24, 2.45) is 0 Å². The predicted molar refractivity (Wildman–Crippen MR) is 90.3 cm³/mol. The fourth-order valence-corrected chi connectivity index (χ4v) is 3.45. The van der Waals surface area contributed by atoms with Gasteiger partial charge in [0.1, 0.15) is 0 Å². The lowest BCUT2D eigenvalue weighted by atomic mass is 10.2. The molecule has 1 N–H and O–H groups in total. The molecule has 0 aliphatic heterocycles. The van der Waals surface area contributed by atoms with Crippen molar-refractivity contribution in [2.45, 2.75) is 16.7 Å². The summed E-state index contributed by atoms with van der Waals surface area (Å²) in [5.74, 6) is -0.468. The SMILES string of the molecule is CCS(=O)(=O)c1ccccc1C(=O)Nc1ccc(SC)cc1. The molecule has 1 amide bonds. The number of thioether (sulfide) groups is 1. The second kappa shape index (κ2) is 6.98. The molecule has 0 aliphatic rings. The molecule has 2 aromatic carbocycles. The molecule has 0 aliphatic carbocycles. The Balaban J connectivity index is 2.30. The molecule has 116 valence electrons. The molecule has 0 radical (unpaired) electrons. The molecule has 2 aromatic rings. The summed E-state index contributed by atoms with van der Waals surface area (Å²) in [4.78, 5) is 13.5. The van der Waals surface area contributed by atoms with Gasteiger partial charge in [0.2, 0.25) is 0 Å². The van der Waals surface area contributed by atoms with E-state index in [9.17, 15) is 13.2 Å². The van der Waals surface area contributed by atoms with Crippen molar-refractivity contribution in [3.63, 3.8) is 0 Å². The Labute approximate surface area is 134 Å². The summed E-state index contributed by atoms with van der Waals surface area (Å²) in [6.45, 7) is 1.56. The highest BCUT2D eigenvalue weighted by molar-refractivity contribution is 7.98. The van der Waals surface area contributed by atoms with E-state index in [2.05, 4.69) is 5.32 Å². The van der Waals surface area contributed by atoms with Crippen molar-refractivity contribution >= 4 is 33.2 Å². The smallest absolute Gasteiger partial charge is 0.256 e. The van der Waals surface area contributed by atoms with E-state index >= 15 is 0 Å². The number of carbonyl (C=O) groups excluding carboxylic acids is 1. The van der Waals surface area contributed by atoms with Crippen molar-refractivity contribution in [2.75, 3.05) is 17.3 Å². The van der Waals surface area contributed by atoms with Crippen LogP contribution in [-0.4, -0.2) is 26.3 Å². The van der Waals surface area contributed by atoms with Crippen LogP contribution in [0.5, 0.6) is 0 Å². The molecule has 0 bridgehead atoms. The Morgan fingerprint density at radius 3 is 2.32 bits per heavy atom. The maximum Gasteiger partial charge on any atom is 0.256 e. The fourth-order valence-electron chi connectivity index (χ4n) is 1.95. The van der Waals surface area contributed by atoms with Gasteiger partial charge in [-0.05, 0) is 42.7 Å². The quantitative estimate of drug-likeness (QED) is 0.850. The van der Waals surface area contributed by atoms with Crippen LogP contribution < -0.4 is 5.32 Å². The minimum atomic E-state index is -3.44. The van der Waals surface area contributed by atoms with Gasteiger partial charge in [-0.1, -0.05) is 19.1 Å². The van der Waals surface area contributed by atoms with Crippen molar-refractivity contribution in [1.82, 2.24) is 0 Å². The molecule has 0 atom stereocenters. The Bertz CT molecular complexity index is 768. The van der Waals surface area contributed by atoms with E-state index in [1.165, 1.54) is 12.1 Å². The summed E-state index contributed by atoms with van der Waals surface area (Å²) in [7, 11) is -3.44. The minimum Gasteiger partial charge on any atom is -0.322 e. The number of sulfone groups is 1. The summed E-state index contributed by atoms with van der Waals surface area (Å²) in [6, 6.07) is 13.6. The van der Waals surface area contributed by atoms with Crippen LogP contribution in [0, 0.1) is 0 Å². The summed E-state index contributed by atoms with van der Waals surface area (Å²) in [5.41, 5.74) is 0.796. The first-order chi connectivity index (χ1) is 10.5. The highest BCUT2D eigenvalue weighted by Crippen LogP contribution is 2.21. The highest BCUT2D eigenvalue weighted by Gasteiger charge is 2.20. The topological polar surface area (TPSA) is 63.2 Å². The van der Waals surface area contributed by atoms with E-state index in [0.717, 1.165) is 4.90 Å². The second-order valence-corrected chi connectivity index (χ2v) is 7.71. The van der Waals surface area contributed by atoms with Gasteiger partial charge in [0, 0.05) is 10.6 Å². The van der Waals surface area contributed by atoms with E-state index in [4.69, 9.17) is 0 Å². The maximum absolute atomic E-state index is 12.4. The van der Waals surface area contributed by atoms with Crippen LogP contribution in [0.4, 0.5) is 5.69 Å². The van der Waals surface area contributed by atoms with Crippen LogP contribution in [0.15, 0.2) is 58.3 Å². The van der Waals surface area contributed by atoms with Gasteiger partial charge in [0.25, 0.3) is 5.91 Å². The molecule has 2 rings (SSSR count). The van der Waals surface area contributed by atoms with Gasteiger partial charge >= 0.3 is 0 Å². The first-order valence-electron chi connectivity index (χ1n) is 6.75. The van der Waals surface area contributed by atoms with Crippen LogP contribution in [-0.2, 0) is 9.84 Å². The third-order valence-corrected chi connectivity index (χ3v) is 5.72. The van der Waals surface area contributed by atoms with Crippen LogP contribution in [0.1, 0.15) is 17.3 Å². The lowest BCUT2D eigenvalue weighted by Crippen LogP contribution is -2.17. The number of hydrogen-bond donors (Lipinski definition) is 1. The van der Waals surface area contributed by atoms with E-state index < -0.39 is 15.7 Å². The predicted octanol–water partition coefficient (Wildman–Crippen LogP) is 3.45. The zero-order chi connectivity index (χ0) is 16.2. The second-order valence-electron chi connectivity index (χ2n) is 4.58. The molecule has 22 heavy (non-hydrogen) atoms. The molecular formula is C16H17NO3S2. The number of rotatable bonds is 5. The summed E-state index contributed by atoms with van der Waals surface area (Å²) in [6.07, 6.45) is 1.97. The molecule has 0 heterocycles. The van der Waals surface area contributed by atoms with Crippen molar-refractivity contribution in [3.05, 3.63) is 54.1 Å². The van der Waals surface area contributed by atoms with E-state index in [-0.39, 0.29) is 16.2 Å². The Hall–Kier alpha value is -1.79. The zero-order valence-electron chi connectivity index (χ0n) is 12.4. The van der Waals surface area contributed by atoms with Crippen molar-refractivity contribution in [3.8, 4) is 0 Å². The van der Waals surface area contributed by atoms with Crippen LogP contribution in [0.3, 0.4) is 0 Å². The number of anilines is 1. The average molecular weight is 335 g/mol. The van der Waals surface area contributed by atoms with Gasteiger partial charge in [0.05, 0.1) is 16.2 Å². The number of hydrogen-bond acceptors (Lipinski definition) is 4. The minimum absolute atomic E-state index is 0.0420. The molecule has 4 nitrogen and oxygen atoms in total. The van der Waals surface area contributed by atoms with Gasteiger partial charge in [-0.15, -0.1) is 11.8 Å². The molecule has 0 fully saturated rings. The normalized spacial score (nSPS) is 11.2. The Morgan fingerprint density at radius 1 is 1.09 bits per heavy atom. The summed E-state index contributed by atoms with van der Waals surface area (Å²) in [5, 5.41) is 2.73. The van der Waals surface area contributed by atoms with E-state index in [1.807, 2.05) is 18.4 Å². The highest BCUT2D eigenvalue weighted by atomic mass is 32.2. The third-order valence-electron chi connectivity index (χ3n) is 3.19. The molecule has 0 spiro atoms. The number of nitrogens with one attached hydrogen (secondary N) is 1. The van der Waals surface area contributed by atoms with Gasteiger partial charge in [-0.2, -0.15) is 0 Å². The number of benzene rings is 2. The van der Waals surface area contributed by atoms with Gasteiger partial charge in [0.15, 0.2) is 9.84 Å². The molecule has 0 saturated carbocycles. The van der Waals surface area contributed by atoms with Gasteiger partial charge in [-0.25, -0.2) is 8.42 Å². The van der Waals surface area contributed by atoms with Crippen LogP contribution >= 0.6 is 11.8 Å². The summed E-state index contributed by atoms with van der Waals surface area (Å²) < 4.78 is 24.2. The van der Waals surface area contributed by atoms with Crippen LogP contribution in [0.2, 0.25) is 0 Å². The maximum atomic E-state index is 12.4. The van der Waals surface area contributed by atoms with Crippen molar-refractivity contribution < 1.29 is 13.2 Å². The lowest BCUT2D eigenvalue weighted by molar-refractivity contribution is 0.102. The third kappa shape index (κ3) is 3.69. The average Bonchev–Trinajstić information content (AvgIpc) is 2.55. The molecular weight excluding hydrogens is 318 g/mol. The number of amides is 1. The standard InChI is InChI=1S/C16H17NO3S2/c1-3-22(19,20)15-7-5-4-6-14(15)16(18)17-12-8-10-13(21-2)11-9-12/h4-11H,3H2,1-2H3,(H,17,18). The van der Waals surface area contributed by atoms with Crippen LogP contribution in [0.25, 0.3) is 0 Å². The molecule has 6 heteroatoms. The summed E-state index contributed by atoms with van der Waals surface area (Å²) >= 11 is 1.61. The van der Waals surface area contributed by atoms with E-state index in [0.29, 0.717) is 5.69 Å². The van der Waals surface area contributed by atoms with Crippen molar-refractivity contribution in [1.29, 1.82) is 0 Å². The Kier molecular flexibility index (Phi) is 5.26. The first-order valence-corrected chi connectivity index (χ1v) is 9.63.